The van der Waals surface area contributed by atoms with Crippen molar-refractivity contribution in [3.05, 3.63) is 67.0 Å². The molecule has 0 aliphatic carbocycles. The molecule has 0 fully saturated rings. The molecule has 0 aliphatic heterocycles. The van der Waals surface area contributed by atoms with Gasteiger partial charge in [0.2, 0.25) is 0 Å². The maximum atomic E-state index is 4.46. The first-order chi connectivity index (χ1) is 12.3. The van der Waals surface area contributed by atoms with Gasteiger partial charge in [-0.25, -0.2) is 0 Å². The van der Waals surface area contributed by atoms with Gasteiger partial charge in [0.25, 0.3) is 0 Å². The summed E-state index contributed by atoms with van der Waals surface area (Å²) in [6.07, 6.45) is 5.66. The average Bonchev–Trinajstić information content (AvgIpc) is 3.10. The zero-order valence-electron chi connectivity index (χ0n) is 13.6. The Balaban J connectivity index is 1.63. The van der Waals surface area contributed by atoms with Gasteiger partial charge in [-0.05, 0) is 60.7 Å². The molecule has 2 aromatic carbocycles. The molecule has 25 heavy (non-hydrogen) atoms. The van der Waals surface area contributed by atoms with Crippen molar-refractivity contribution in [2.45, 2.75) is 9.79 Å². The lowest BCUT2D eigenvalue weighted by molar-refractivity contribution is 1.12. The SMILES string of the molecule is CSc1ccccc1SNc1ccc2[nH]nc(-c3ccncc3)c2c1. The van der Waals surface area contributed by atoms with E-state index in [0.29, 0.717) is 0 Å². The van der Waals surface area contributed by atoms with Crippen molar-refractivity contribution in [1.82, 2.24) is 15.2 Å². The van der Waals surface area contributed by atoms with Gasteiger partial charge in [-0.2, -0.15) is 5.10 Å². The second-order valence-electron chi connectivity index (χ2n) is 5.42. The molecule has 4 nitrogen and oxygen atoms in total. The number of aromatic amines is 1. The molecule has 124 valence electrons. The van der Waals surface area contributed by atoms with Crippen LogP contribution in [0.4, 0.5) is 5.69 Å². The molecule has 0 atom stereocenters. The van der Waals surface area contributed by atoms with Gasteiger partial charge < -0.3 is 4.72 Å². The van der Waals surface area contributed by atoms with E-state index in [1.54, 1.807) is 36.1 Å². The number of rotatable bonds is 5. The minimum absolute atomic E-state index is 0.940. The number of aromatic nitrogens is 3. The summed E-state index contributed by atoms with van der Waals surface area (Å²) in [7, 11) is 0. The first-order valence-corrected chi connectivity index (χ1v) is 9.83. The van der Waals surface area contributed by atoms with Crippen LogP contribution in [0.2, 0.25) is 0 Å². The summed E-state index contributed by atoms with van der Waals surface area (Å²) >= 11 is 3.38. The van der Waals surface area contributed by atoms with Crippen LogP contribution in [-0.2, 0) is 0 Å². The summed E-state index contributed by atoms with van der Waals surface area (Å²) in [4.78, 5) is 6.56. The lowest BCUT2D eigenvalue weighted by atomic mass is 10.1. The van der Waals surface area contributed by atoms with Gasteiger partial charge in [0, 0.05) is 38.8 Å². The Morgan fingerprint density at radius 3 is 2.56 bits per heavy atom. The van der Waals surface area contributed by atoms with Crippen LogP contribution in [0.3, 0.4) is 0 Å². The first-order valence-electron chi connectivity index (χ1n) is 7.79. The van der Waals surface area contributed by atoms with Crippen LogP contribution >= 0.6 is 23.7 Å². The Kier molecular flexibility index (Phi) is 4.63. The quantitative estimate of drug-likeness (QED) is 0.363. The molecule has 0 amide bonds. The number of nitrogens with zero attached hydrogens (tertiary/aromatic N) is 2. The van der Waals surface area contributed by atoms with Crippen molar-refractivity contribution in [2.75, 3.05) is 11.0 Å². The summed E-state index contributed by atoms with van der Waals surface area (Å²) < 4.78 is 3.45. The van der Waals surface area contributed by atoms with Gasteiger partial charge in [-0.1, -0.05) is 12.1 Å². The second-order valence-corrected chi connectivity index (χ2v) is 7.12. The van der Waals surface area contributed by atoms with Crippen LogP contribution in [0.25, 0.3) is 22.2 Å². The Hall–Kier alpha value is -2.44. The van der Waals surface area contributed by atoms with Crippen LogP contribution < -0.4 is 4.72 Å². The summed E-state index contributed by atoms with van der Waals surface area (Å²) in [5, 5.41) is 8.65. The third-order valence-corrected chi connectivity index (χ3v) is 5.70. The van der Waals surface area contributed by atoms with Crippen molar-refractivity contribution < 1.29 is 0 Å². The highest BCUT2D eigenvalue weighted by Crippen LogP contribution is 2.32. The predicted molar refractivity (Wildman–Crippen MR) is 107 cm³/mol. The molecule has 0 spiro atoms. The van der Waals surface area contributed by atoms with E-state index in [2.05, 4.69) is 68.6 Å². The number of nitrogens with one attached hydrogen (secondary N) is 2. The van der Waals surface area contributed by atoms with Gasteiger partial charge in [0.1, 0.15) is 5.69 Å². The molecular weight excluding hydrogens is 348 g/mol. The van der Waals surface area contributed by atoms with E-state index in [-0.39, 0.29) is 0 Å². The van der Waals surface area contributed by atoms with Crippen molar-refractivity contribution in [1.29, 1.82) is 0 Å². The minimum atomic E-state index is 0.940. The number of pyridine rings is 1. The van der Waals surface area contributed by atoms with Crippen LogP contribution in [0.15, 0.2) is 76.8 Å². The molecule has 4 rings (SSSR count). The Morgan fingerprint density at radius 2 is 1.76 bits per heavy atom. The highest BCUT2D eigenvalue weighted by Gasteiger charge is 2.09. The number of hydrogen-bond donors (Lipinski definition) is 2. The molecule has 2 N–H and O–H groups in total. The Bertz CT molecular complexity index is 999. The van der Waals surface area contributed by atoms with E-state index < -0.39 is 0 Å². The monoisotopic (exact) mass is 364 g/mol. The standard InChI is InChI=1S/C19H16N4S2/c1-24-17-4-2-3-5-18(17)25-23-14-6-7-16-15(12-14)19(22-21-16)13-8-10-20-11-9-13/h2-12,23H,1H3,(H,21,22). The number of thioether (sulfide) groups is 1. The van der Waals surface area contributed by atoms with Gasteiger partial charge in [-0.15, -0.1) is 11.8 Å². The van der Waals surface area contributed by atoms with E-state index in [0.717, 1.165) is 27.8 Å². The third-order valence-electron chi connectivity index (χ3n) is 3.86. The summed E-state index contributed by atoms with van der Waals surface area (Å²) in [6.45, 7) is 0. The van der Waals surface area contributed by atoms with E-state index >= 15 is 0 Å². The summed E-state index contributed by atoms with van der Waals surface area (Å²) in [5.41, 5.74) is 4.06. The average molecular weight is 364 g/mol. The number of fused-ring (bicyclic) bond motifs is 1. The summed E-state index contributed by atoms with van der Waals surface area (Å²) in [5.74, 6) is 0. The molecule has 0 bridgehead atoms. The first kappa shape index (κ1) is 16.1. The van der Waals surface area contributed by atoms with Gasteiger partial charge in [0.05, 0.1) is 5.52 Å². The number of hydrogen-bond acceptors (Lipinski definition) is 5. The molecule has 4 aromatic rings. The molecule has 0 unspecified atom stereocenters. The molecule has 2 heterocycles. The van der Waals surface area contributed by atoms with E-state index in [1.807, 2.05) is 12.1 Å². The molecule has 2 aromatic heterocycles. The van der Waals surface area contributed by atoms with Gasteiger partial charge in [0.15, 0.2) is 0 Å². The molecule has 0 saturated heterocycles. The zero-order chi connectivity index (χ0) is 17.1. The number of H-pyrrole nitrogens is 1. The maximum absolute atomic E-state index is 4.46. The molecule has 0 aliphatic rings. The maximum Gasteiger partial charge on any atom is 0.100 e. The van der Waals surface area contributed by atoms with Crippen LogP contribution in [0.5, 0.6) is 0 Å². The smallest absolute Gasteiger partial charge is 0.100 e. The topological polar surface area (TPSA) is 53.6 Å². The zero-order valence-corrected chi connectivity index (χ0v) is 15.2. The van der Waals surface area contributed by atoms with Gasteiger partial charge >= 0.3 is 0 Å². The summed E-state index contributed by atoms with van der Waals surface area (Å²) in [6, 6.07) is 18.6. The molecule has 0 saturated carbocycles. The molecule has 0 radical (unpaired) electrons. The third kappa shape index (κ3) is 3.36. The highest BCUT2D eigenvalue weighted by atomic mass is 32.2. The number of benzene rings is 2. The predicted octanol–water partition coefficient (Wildman–Crippen LogP) is 5.47. The Morgan fingerprint density at radius 1 is 0.960 bits per heavy atom. The fourth-order valence-electron chi connectivity index (χ4n) is 2.62. The fourth-order valence-corrected chi connectivity index (χ4v) is 4.15. The van der Waals surface area contributed by atoms with Crippen molar-refractivity contribution in [3.63, 3.8) is 0 Å². The van der Waals surface area contributed by atoms with Crippen molar-refractivity contribution in [3.8, 4) is 11.3 Å². The Labute approximate surface area is 154 Å². The molecular formula is C19H16N4S2. The van der Waals surface area contributed by atoms with E-state index in [4.69, 9.17) is 0 Å². The minimum Gasteiger partial charge on any atom is -0.326 e. The van der Waals surface area contributed by atoms with Crippen LogP contribution in [0.1, 0.15) is 0 Å². The van der Waals surface area contributed by atoms with Crippen LogP contribution in [0, 0.1) is 0 Å². The highest BCUT2D eigenvalue weighted by molar-refractivity contribution is 8.02. The fraction of sp³-hybridized carbons (Fsp3) is 0.0526. The molecule has 6 heteroatoms. The van der Waals surface area contributed by atoms with Gasteiger partial charge in [-0.3, -0.25) is 10.1 Å². The second kappa shape index (κ2) is 7.21. The lowest BCUT2D eigenvalue weighted by Gasteiger charge is -2.09. The van der Waals surface area contributed by atoms with E-state index in [1.165, 1.54) is 9.79 Å². The van der Waals surface area contributed by atoms with E-state index in [9.17, 15) is 0 Å². The van der Waals surface area contributed by atoms with Crippen molar-refractivity contribution >= 4 is 40.3 Å². The number of anilines is 1. The normalized spacial score (nSPS) is 10.9. The van der Waals surface area contributed by atoms with Crippen molar-refractivity contribution in [2.24, 2.45) is 0 Å². The lowest BCUT2D eigenvalue weighted by Crippen LogP contribution is -1.88. The van der Waals surface area contributed by atoms with Crippen LogP contribution in [-0.4, -0.2) is 21.4 Å². The largest absolute Gasteiger partial charge is 0.326 e.